The summed E-state index contributed by atoms with van der Waals surface area (Å²) in [5.41, 5.74) is 6.94. The van der Waals surface area contributed by atoms with E-state index in [2.05, 4.69) is 20.9 Å². The molecule has 0 spiro atoms. The maximum Gasteiger partial charge on any atom is 1.00 e. The molecule has 1 aromatic heterocycles. The summed E-state index contributed by atoms with van der Waals surface area (Å²) in [5.74, 6) is -4.51. The Morgan fingerprint density at radius 1 is 0.977 bits per heavy atom. The molecule has 0 saturated heterocycles. The van der Waals surface area contributed by atoms with E-state index < -0.39 is 49.2 Å². The quantitative estimate of drug-likeness (QED) is 0.0569. The number of hydrogen-bond acceptors (Lipinski definition) is 7. The van der Waals surface area contributed by atoms with Gasteiger partial charge in [-0.3, -0.25) is 14.2 Å². The van der Waals surface area contributed by atoms with Crippen LogP contribution in [0.3, 0.4) is 0 Å². The van der Waals surface area contributed by atoms with Crippen molar-refractivity contribution >= 4 is 36.1 Å². The van der Waals surface area contributed by atoms with Crippen molar-refractivity contribution in [2.75, 3.05) is 19.8 Å². The molecule has 0 aliphatic rings. The zero-order valence-electron chi connectivity index (χ0n) is 27.5. The number of carboxylic acid groups (broad SMARTS) is 1. The Morgan fingerprint density at radius 2 is 1.61 bits per heavy atom. The van der Waals surface area contributed by atoms with Gasteiger partial charge in [-0.25, -0.2) is 0 Å². The Kier molecular flexibility index (Phi) is 20.9. The molecule has 2 aromatic rings. The molecule has 0 aliphatic heterocycles. The van der Waals surface area contributed by atoms with E-state index in [9.17, 15) is 28.9 Å². The molecule has 1 heterocycles. The number of nitrogens with two attached hydrogens (primary N) is 1. The molecule has 236 valence electrons. The van der Waals surface area contributed by atoms with Gasteiger partial charge < -0.3 is 41.5 Å². The molecule has 2 rings (SSSR count). The second-order valence-corrected chi connectivity index (χ2v) is 14.4. The van der Waals surface area contributed by atoms with Gasteiger partial charge in [-0.1, -0.05) is 63.9 Å². The first-order chi connectivity index (χ1) is 19.8. The van der Waals surface area contributed by atoms with Crippen LogP contribution in [0.15, 0.2) is 30.5 Å². The first-order valence-electron chi connectivity index (χ1n) is 14.8. The smallest absolute Gasteiger partial charge is 0.663 e. The number of carbonyl (C=O) groups is 3. The molecule has 6 N–H and O–H groups in total. The van der Waals surface area contributed by atoms with Crippen molar-refractivity contribution in [2.45, 2.75) is 84.1 Å². The Labute approximate surface area is 306 Å². The van der Waals surface area contributed by atoms with Crippen molar-refractivity contribution in [1.29, 1.82) is 0 Å². The number of nitrogens with zero attached hydrogens (tertiary/aromatic N) is 1. The van der Waals surface area contributed by atoms with Crippen molar-refractivity contribution in [3.05, 3.63) is 36.0 Å². The molecule has 0 aliphatic carbocycles. The largest absolute Gasteiger partial charge is 1.00 e. The molecule has 14 heteroatoms. The molecule has 0 radical (unpaired) electrons. The van der Waals surface area contributed by atoms with Crippen molar-refractivity contribution in [3.63, 3.8) is 0 Å². The van der Waals surface area contributed by atoms with Crippen LogP contribution in [0.2, 0.25) is 0 Å². The van der Waals surface area contributed by atoms with Gasteiger partial charge in [0, 0.05) is 12.1 Å². The van der Waals surface area contributed by atoms with Crippen LogP contribution in [0.4, 0.5) is 0 Å². The number of amides is 2. The van der Waals surface area contributed by atoms with Gasteiger partial charge in [-0.15, -0.1) is 5.52 Å². The number of likely N-dealkylation sites (N-methyl/N-ethyl adjacent to an activating group) is 1. The second-order valence-electron chi connectivity index (χ2n) is 11.9. The minimum atomic E-state index is -4.13. The number of benzene rings is 1. The molecule has 5 atom stereocenters. The van der Waals surface area contributed by atoms with E-state index in [4.69, 9.17) is 5.73 Å². The summed E-state index contributed by atoms with van der Waals surface area (Å²) in [6.45, 7) is 8.06. The fraction of sp³-hybridized carbons (Fsp3) is 0.633. The standard InChI is InChI=1S/C30H49N5O6P.2Na/c1-19(2)14-22(28(36)34-26(30(38)39)16-21-17-33-24-11-7-6-10-23(21)24)18-42(40,41)27(15-20(3)4)35-29(37)25(32-5)12-8-9-13-31;;/h6-7,10-11,17,19-20,22,25-27,32H,8-9,12-16,18,31H2,1-5H3,(H,34,36)(H,35,37)(H,38,39)(H,40,41);;/q-1;2*+1/p-1/t22?,25-,26-,27?;;/m0../s1. The number of rotatable bonds is 19. The van der Waals surface area contributed by atoms with Crippen molar-refractivity contribution < 1.29 is 88.1 Å². The number of hydrogen-bond donors (Lipinski definition) is 5. The van der Waals surface area contributed by atoms with Gasteiger partial charge in [0.15, 0.2) is 0 Å². The predicted molar refractivity (Wildman–Crippen MR) is 163 cm³/mol. The maximum absolute atomic E-state index is 13.9. The summed E-state index contributed by atoms with van der Waals surface area (Å²) in [5, 5.41) is 21.1. The third kappa shape index (κ3) is 14.0. The van der Waals surface area contributed by atoms with Crippen LogP contribution in [0.1, 0.15) is 65.4 Å². The van der Waals surface area contributed by atoms with Crippen LogP contribution in [-0.4, -0.2) is 60.3 Å². The van der Waals surface area contributed by atoms with Crippen LogP contribution >= 0.6 is 7.37 Å². The fourth-order valence-electron chi connectivity index (χ4n) is 5.15. The molecule has 1 aromatic carbocycles. The average molecular weight is 652 g/mol. The minimum absolute atomic E-state index is 0. The third-order valence-corrected chi connectivity index (χ3v) is 9.62. The van der Waals surface area contributed by atoms with E-state index in [0.29, 0.717) is 24.0 Å². The topological polar surface area (TPSA) is 188 Å². The molecular weight excluding hydrogens is 603 g/mol. The van der Waals surface area contributed by atoms with Crippen LogP contribution in [0.25, 0.3) is 10.9 Å². The molecular formula is C30H48N5Na2O6P. The Bertz CT molecular complexity index is 1230. The second kappa shape index (κ2) is 21.2. The van der Waals surface area contributed by atoms with E-state index in [-0.39, 0.29) is 96.1 Å². The first-order valence-corrected chi connectivity index (χ1v) is 16.7. The monoisotopic (exact) mass is 651 g/mol. The van der Waals surface area contributed by atoms with Gasteiger partial charge in [0.05, 0.1) is 18.1 Å². The van der Waals surface area contributed by atoms with Gasteiger partial charge >= 0.3 is 59.1 Å². The first kappa shape index (κ1) is 43.3. The van der Waals surface area contributed by atoms with Gasteiger partial charge in [0.25, 0.3) is 0 Å². The number of carboxylic acids is 1. The summed E-state index contributed by atoms with van der Waals surface area (Å²) in [4.78, 5) is 54.2. The van der Waals surface area contributed by atoms with Crippen molar-refractivity contribution in [1.82, 2.24) is 20.9 Å². The maximum atomic E-state index is 13.9. The van der Waals surface area contributed by atoms with Crippen LogP contribution < -0.4 is 90.9 Å². The zero-order valence-corrected chi connectivity index (χ0v) is 32.4. The number of aromatic nitrogens is 1. The predicted octanol–water partition coefficient (Wildman–Crippen LogP) is -4.28. The number of fused-ring (bicyclic) bond motifs is 1. The van der Waals surface area contributed by atoms with Crippen LogP contribution in [0, 0.1) is 17.8 Å². The molecule has 3 unspecified atom stereocenters. The van der Waals surface area contributed by atoms with Crippen LogP contribution in [0.5, 0.6) is 0 Å². The number of para-hydroxylation sites is 1. The Hall–Kier alpha value is -0.720. The van der Waals surface area contributed by atoms with Crippen LogP contribution in [-0.2, 0) is 25.4 Å². The van der Waals surface area contributed by atoms with Gasteiger partial charge in [0.2, 0.25) is 19.2 Å². The van der Waals surface area contributed by atoms with Crippen molar-refractivity contribution in [3.8, 4) is 0 Å². The number of nitrogens with one attached hydrogen (secondary N) is 3. The van der Waals surface area contributed by atoms with E-state index in [1.54, 1.807) is 13.2 Å². The summed E-state index contributed by atoms with van der Waals surface area (Å²) in [6.07, 6.45) is 3.67. The fourth-order valence-corrected chi connectivity index (χ4v) is 7.43. The molecule has 11 nitrogen and oxygen atoms in total. The summed E-state index contributed by atoms with van der Waals surface area (Å²) < 4.78 is 13.9. The SMILES string of the molecule is CN[C@@H](CCCCN)C(=O)NC(CC(C)C)P(=O)(O)CC(CC(C)C)C(=O)N[C@@H](Cc1c[n-]c2ccccc12)C(=O)[O-].[Na+].[Na+]. The summed E-state index contributed by atoms with van der Waals surface area (Å²) in [6, 6.07) is 5.39. The Balaban J connectivity index is 0.00000924. The summed E-state index contributed by atoms with van der Waals surface area (Å²) >= 11 is 0. The van der Waals surface area contributed by atoms with E-state index in [0.717, 1.165) is 18.2 Å². The minimum Gasteiger partial charge on any atom is -0.663 e. The number of aliphatic carboxylic acids is 1. The molecule has 0 bridgehead atoms. The van der Waals surface area contributed by atoms with Crippen molar-refractivity contribution in [2.24, 2.45) is 23.5 Å². The zero-order chi connectivity index (χ0) is 31.4. The Morgan fingerprint density at radius 3 is 2.18 bits per heavy atom. The molecule has 0 fully saturated rings. The number of unbranched alkanes of at least 4 members (excludes halogenated alkanes) is 1. The normalized spacial score (nSPS) is 15.4. The average Bonchev–Trinajstić information content (AvgIpc) is 3.32. The molecule has 0 saturated carbocycles. The van der Waals surface area contributed by atoms with Gasteiger partial charge in [-0.2, -0.15) is 6.20 Å². The van der Waals surface area contributed by atoms with Gasteiger partial charge in [-0.05, 0) is 62.9 Å². The molecule has 44 heavy (non-hydrogen) atoms. The third-order valence-electron chi connectivity index (χ3n) is 7.35. The summed E-state index contributed by atoms with van der Waals surface area (Å²) in [7, 11) is -2.47. The van der Waals surface area contributed by atoms with E-state index >= 15 is 0 Å². The van der Waals surface area contributed by atoms with Gasteiger partial charge in [0.1, 0.15) is 5.78 Å². The number of carbonyl (C=O) groups excluding carboxylic acids is 3. The molecule has 2 amide bonds. The van der Waals surface area contributed by atoms with E-state index in [1.165, 1.54) is 0 Å². The van der Waals surface area contributed by atoms with E-state index in [1.807, 2.05) is 52.0 Å².